The lowest BCUT2D eigenvalue weighted by atomic mass is 9.99. The van der Waals surface area contributed by atoms with E-state index in [4.69, 9.17) is 15.1 Å². The predicted octanol–water partition coefficient (Wildman–Crippen LogP) is 2.03. The van der Waals surface area contributed by atoms with E-state index in [1.54, 1.807) is 0 Å². The topological polar surface area (TPSA) is 86.2 Å². The van der Waals surface area contributed by atoms with Crippen molar-refractivity contribution in [1.29, 1.82) is 0 Å². The largest absolute Gasteiger partial charge is 0.397 e. The summed E-state index contributed by atoms with van der Waals surface area (Å²) >= 11 is 0. The first kappa shape index (κ1) is 12.2. The normalized spacial score (nSPS) is 23.0. The van der Waals surface area contributed by atoms with Crippen LogP contribution in [0.25, 0.3) is 11.0 Å². The number of ether oxygens (including phenoxy) is 1. The zero-order valence-electron chi connectivity index (χ0n) is 10.9. The van der Waals surface area contributed by atoms with E-state index in [0.717, 1.165) is 31.7 Å². The zero-order valence-corrected chi connectivity index (χ0v) is 10.9. The number of rotatable bonds is 4. The van der Waals surface area contributed by atoms with Crippen LogP contribution in [0.15, 0.2) is 16.8 Å². The number of fused-ring (bicyclic) bond motifs is 1. The molecule has 1 fully saturated rings. The Morgan fingerprint density at radius 1 is 1.37 bits per heavy atom. The molecule has 6 heteroatoms. The maximum atomic E-state index is 5.82. The number of nitrogens with one attached hydrogen (secondary N) is 1. The second-order valence-electron chi connectivity index (χ2n) is 4.91. The van der Waals surface area contributed by atoms with Gasteiger partial charge in [-0.2, -0.15) is 0 Å². The van der Waals surface area contributed by atoms with E-state index in [0.29, 0.717) is 28.7 Å². The van der Waals surface area contributed by atoms with E-state index in [9.17, 15) is 0 Å². The number of anilines is 2. The summed E-state index contributed by atoms with van der Waals surface area (Å²) in [5.74, 6) is 0.539. The fourth-order valence-corrected chi connectivity index (χ4v) is 2.65. The van der Waals surface area contributed by atoms with Gasteiger partial charge in [-0.3, -0.25) is 0 Å². The maximum absolute atomic E-state index is 5.82. The Balaban J connectivity index is 1.75. The molecule has 3 N–H and O–H groups in total. The molecule has 2 unspecified atom stereocenters. The van der Waals surface area contributed by atoms with E-state index in [1.165, 1.54) is 0 Å². The van der Waals surface area contributed by atoms with Crippen LogP contribution >= 0.6 is 0 Å². The summed E-state index contributed by atoms with van der Waals surface area (Å²) < 4.78 is 10.4. The molecule has 102 valence electrons. The lowest BCUT2D eigenvalue weighted by Gasteiger charge is -2.18. The number of nitrogens with zero attached hydrogens (tertiary/aromatic N) is 2. The average Bonchev–Trinajstić information content (AvgIpc) is 3.07. The molecular weight excluding hydrogens is 244 g/mol. The Bertz CT molecular complexity index is 569. The minimum Gasteiger partial charge on any atom is -0.397 e. The Labute approximate surface area is 111 Å². The van der Waals surface area contributed by atoms with E-state index in [-0.39, 0.29) is 0 Å². The van der Waals surface area contributed by atoms with Crippen molar-refractivity contribution in [3.05, 3.63) is 12.1 Å². The van der Waals surface area contributed by atoms with Crippen LogP contribution in [-0.4, -0.2) is 29.6 Å². The molecule has 1 aromatic carbocycles. The molecule has 2 heterocycles. The lowest BCUT2D eigenvalue weighted by molar-refractivity contribution is 0.0900. The van der Waals surface area contributed by atoms with Crippen molar-refractivity contribution in [2.24, 2.45) is 5.92 Å². The third-order valence-electron chi connectivity index (χ3n) is 3.75. The predicted molar refractivity (Wildman–Crippen MR) is 72.8 cm³/mol. The molecule has 1 aliphatic rings. The fraction of sp³-hybridized carbons (Fsp3) is 0.538. The molecule has 0 saturated carbocycles. The zero-order chi connectivity index (χ0) is 13.2. The van der Waals surface area contributed by atoms with Crippen molar-refractivity contribution in [2.75, 3.05) is 24.2 Å². The van der Waals surface area contributed by atoms with Gasteiger partial charge in [-0.1, -0.05) is 6.92 Å². The van der Waals surface area contributed by atoms with Crippen LogP contribution in [0.2, 0.25) is 0 Å². The highest BCUT2D eigenvalue weighted by Crippen LogP contribution is 2.27. The first-order valence-electron chi connectivity index (χ1n) is 6.65. The monoisotopic (exact) mass is 262 g/mol. The maximum Gasteiger partial charge on any atom is 0.160 e. The molecule has 2 atom stereocenters. The van der Waals surface area contributed by atoms with Crippen LogP contribution in [0.1, 0.15) is 19.8 Å². The molecule has 6 nitrogen and oxygen atoms in total. The SMILES string of the molecule is CCC1OCCC1CNc1ccc(N)c2nonc12. The highest BCUT2D eigenvalue weighted by Gasteiger charge is 2.26. The Morgan fingerprint density at radius 3 is 3.05 bits per heavy atom. The van der Waals surface area contributed by atoms with Crippen LogP contribution < -0.4 is 11.1 Å². The quantitative estimate of drug-likeness (QED) is 0.820. The van der Waals surface area contributed by atoms with Gasteiger partial charge in [0.2, 0.25) is 0 Å². The molecule has 1 saturated heterocycles. The molecule has 0 amide bonds. The standard InChI is InChI=1S/C13H18N4O2/c1-2-11-8(5-6-18-11)7-15-10-4-3-9(14)12-13(10)17-19-16-12/h3-4,8,11,15H,2,5-7,14H2,1H3. The van der Waals surface area contributed by atoms with Crippen molar-refractivity contribution in [1.82, 2.24) is 10.3 Å². The molecule has 19 heavy (non-hydrogen) atoms. The first-order chi connectivity index (χ1) is 9.29. The smallest absolute Gasteiger partial charge is 0.160 e. The minimum absolute atomic E-state index is 0.354. The molecule has 0 radical (unpaired) electrons. The summed E-state index contributed by atoms with van der Waals surface area (Å²) in [7, 11) is 0. The summed E-state index contributed by atoms with van der Waals surface area (Å²) in [6.45, 7) is 3.88. The fourth-order valence-electron chi connectivity index (χ4n) is 2.65. The van der Waals surface area contributed by atoms with Gasteiger partial charge in [0.05, 0.1) is 17.5 Å². The van der Waals surface area contributed by atoms with Crippen LogP contribution in [-0.2, 0) is 4.74 Å². The van der Waals surface area contributed by atoms with Gasteiger partial charge in [0.1, 0.15) is 0 Å². The lowest BCUT2D eigenvalue weighted by Crippen LogP contribution is -2.22. The molecule has 0 bridgehead atoms. The second kappa shape index (κ2) is 5.05. The van der Waals surface area contributed by atoms with Gasteiger partial charge in [0.25, 0.3) is 0 Å². The molecule has 0 spiro atoms. The van der Waals surface area contributed by atoms with Gasteiger partial charge < -0.3 is 15.8 Å². The molecular formula is C13H18N4O2. The van der Waals surface area contributed by atoms with Gasteiger partial charge >= 0.3 is 0 Å². The summed E-state index contributed by atoms with van der Waals surface area (Å²) in [5, 5.41) is 11.1. The number of nitrogens with two attached hydrogens (primary N) is 1. The number of aromatic nitrogens is 2. The van der Waals surface area contributed by atoms with Crippen LogP contribution in [0, 0.1) is 5.92 Å². The van der Waals surface area contributed by atoms with Gasteiger partial charge in [0, 0.05) is 19.1 Å². The van der Waals surface area contributed by atoms with Crippen LogP contribution in [0.5, 0.6) is 0 Å². The summed E-state index contributed by atoms with van der Waals surface area (Å²) in [6, 6.07) is 3.73. The molecule has 0 aliphatic carbocycles. The highest BCUT2D eigenvalue weighted by atomic mass is 16.6. The van der Waals surface area contributed by atoms with Crippen molar-refractivity contribution in [3.8, 4) is 0 Å². The third kappa shape index (κ3) is 2.23. The van der Waals surface area contributed by atoms with E-state index in [1.807, 2.05) is 12.1 Å². The highest BCUT2D eigenvalue weighted by molar-refractivity contribution is 5.94. The number of benzene rings is 1. The van der Waals surface area contributed by atoms with Gasteiger partial charge in [-0.25, -0.2) is 4.63 Å². The Morgan fingerprint density at radius 2 is 2.21 bits per heavy atom. The first-order valence-corrected chi connectivity index (χ1v) is 6.65. The van der Waals surface area contributed by atoms with Gasteiger partial charge in [-0.05, 0) is 35.3 Å². The molecule has 3 rings (SSSR count). The molecule has 2 aromatic rings. The van der Waals surface area contributed by atoms with Crippen molar-refractivity contribution < 1.29 is 9.37 Å². The van der Waals surface area contributed by atoms with E-state index in [2.05, 4.69) is 22.6 Å². The Kier molecular flexibility index (Phi) is 3.25. The van der Waals surface area contributed by atoms with Gasteiger partial charge in [0.15, 0.2) is 11.0 Å². The Hall–Kier alpha value is -1.82. The average molecular weight is 262 g/mol. The number of hydrogen-bond acceptors (Lipinski definition) is 6. The second-order valence-corrected chi connectivity index (χ2v) is 4.91. The summed E-state index contributed by atoms with van der Waals surface area (Å²) in [5.41, 5.74) is 8.61. The van der Waals surface area contributed by atoms with Gasteiger partial charge in [-0.15, -0.1) is 0 Å². The van der Waals surface area contributed by atoms with E-state index >= 15 is 0 Å². The van der Waals surface area contributed by atoms with Crippen molar-refractivity contribution in [3.63, 3.8) is 0 Å². The third-order valence-corrected chi connectivity index (χ3v) is 3.75. The van der Waals surface area contributed by atoms with Crippen molar-refractivity contribution in [2.45, 2.75) is 25.9 Å². The number of nitrogen functional groups attached to an aromatic ring is 1. The number of hydrogen-bond donors (Lipinski definition) is 2. The van der Waals surface area contributed by atoms with Crippen molar-refractivity contribution >= 4 is 22.4 Å². The molecule has 1 aliphatic heterocycles. The van der Waals surface area contributed by atoms with Crippen LogP contribution in [0.4, 0.5) is 11.4 Å². The summed E-state index contributed by atoms with van der Waals surface area (Å²) in [4.78, 5) is 0. The van der Waals surface area contributed by atoms with Crippen LogP contribution in [0.3, 0.4) is 0 Å². The minimum atomic E-state index is 0.354. The van der Waals surface area contributed by atoms with E-state index < -0.39 is 0 Å². The molecule has 1 aromatic heterocycles. The summed E-state index contributed by atoms with van der Waals surface area (Å²) in [6.07, 6.45) is 2.50.